The summed E-state index contributed by atoms with van der Waals surface area (Å²) >= 11 is 0. The summed E-state index contributed by atoms with van der Waals surface area (Å²) in [5.74, 6) is 0.914. The third-order valence-corrected chi connectivity index (χ3v) is 3.88. The summed E-state index contributed by atoms with van der Waals surface area (Å²) in [6.07, 6.45) is 7.27. The predicted molar refractivity (Wildman–Crippen MR) is 53.8 cm³/mol. The van der Waals surface area contributed by atoms with Crippen LogP contribution in [0.25, 0.3) is 0 Å². The maximum absolute atomic E-state index is 5.46. The van der Waals surface area contributed by atoms with E-state index in [0.717, 1.165) is 12.0 Å². The van der Waals surface area contributed by atoms with Gasteiger partial charge in [0, 0.05) is 13.2 Å². The Hall–Kier alpha value is -0.0800. The largest absolute Gasteiger partial charge is 0.381 e. The molecule has 0 amide bonds. The minimum absolute atomic E-state index is 0.549. The topological polar surface area (TPSA) is 12.5 Å². The molecule has 2 rings (SSSR count). The summed E-state index contributed by atoms with van der Waals surface area (Å²) in [5.41, 5.74) is 0. The number of nitrogens with zero attached hydrogens (tertiary/aromatic N) is 1. The molecule has 0 spiro atoms. The van der Waals surface area contributed by atoms with Gasteiger partial charge >= 0.3 is 0 Å². The number of hydrogen-bond acceptors (Lipinski definition) is 2. The van der Waals surface area contributed by atoms with Gasteiger partial charge in [-0.15, -0.1) is 0 Å². The van der Waals surface area contributed by atoms with Crippen LogP contribution in [0.1, 0.15) is 32.1 Å². The number of methoxy groups -OCH3 is 1. The Labute approximate surface area is 81.3 Å². The maximum Gasteiger partial charge on any atom is 0.0575 e. The predicted octanol–water partition coefficient (Wildman–Crippen LogP) is 1.90. The number of fused-ring (bicyclic) bond motifs is 1. The fraction of sp³-hybridized carbons (Fsp3) is 1.00. The monoisotopic (exact) mass is 183 g/mol. The Kier molecular flexibility index (Phi) is 2.89. The molecule has 76 valence electrons. The summed E-state index contributed by atoms with van der Waals surface area (Å²) in [7, 11) is 4.14. The van der Waals surface area contributed by atoms with E-state index in [2.05, 4.69) is 11.9 Å². The molecular weight excluding hydrogens is 162 g/mol. The highest BCUT2D eigenvalue weighted by Crippen LogP contribution is 2.35. The Morgan fingerprint density at radius 2 is 2.08 bits per heavy atom. The lowest BCUT2D eigenvalue weighted by molar-refractivity contribution is -0.00567. The van der Waals surface area contributed by atoms with Crippen LogP contribution in [0.4, 0.5) is 0 Å². The van der Waals surface area contributed by atoms with Crippen molar-refractivity contribution in [3.05, 3.63) is 0 Å². The first kappa shape index (κ1) is 9.47. The SMILES string of the molecule is COC1CCC2C(CCCN2C)C1. The molecule has 0 aromatic carbocycles. The molecule has 1 saturated heterocycles. The van der Waals surface area contributed by atoms with Crippen LogP contribution in [-0.2, 0) is 4.74 Å². The molecule has 0 aromatic heterocycles. The van der Waals surface area contributed by atoms with Crippen LogP contribution in [0, 0.1) is 5.92 Å². The van der Waals surface area contributed by atoms with E-state index in [1.54, 1.807) is 0 Å². The van der Waals surface area contributed by atoms with Gasteiger partial charge in [-0.05, 0) is 51.6 Å². The number of likely N-dealkylation sites (tertiary alicyclic amines) is 1. The molecular formula is C11H21NO. The van der Waals surface area contributed by atoms with Gasteiger partial charge in [0.2, 0.25) is 0 Å². The molecule has 13 heavy (non-hydrogen) atoms. The summed E-state index contributed by atoms with van der Waals surface area (Å²) < 4.78 is 5.46. The van der Waals surface area contributed by atoms with Gasteiger partial charge in [-0.25, -0.2) is 0 Å². The van der Waals surface area contributed by atoms with Crippen LogP contribution in [-0.4, -0.2) is 37.7 Å². The van der Waals surface area contributed by atoms with Gasteiger partial charge in [0.05, 0.1) is 6.10 Å². The highest BCUT2D eigenvalue weighted by Gasteiger charge is 2.34. The second-order valence-electron chi connectivity index (χ2n) is 4.62. The van der Waals surface area contributed by atoms with Gasteiger partial charge in [-0.1, -0.05) is 0 Å². The molecule has 1 heterocycles. The van der Waals surface area contributed by atoms with Gasteiger partial charge in [0.15, 0.2) is 0 Å². The Bertz CT molecular complexity index is 171. The van der Waals surface area contributed by atoms with Gasteiger partial charge in [-0.3, -0.25) is 0 Å². The normalized spacial score (nSPS) is 41.5. The molecule has 2 heteroatoms. The summed E-state index contributed by atoms with van der Waals surface area (Å²) in [6, 6.07) is 0.861. The van der Waals surface area contributed by atoms with Crippen molar-refractivity contribution in [2.24, 2.45) is 5.92 Å². The molecule has 1 saturated carbocycles. The van der Waals surface area contributed by atoms with E-state index in [1.165, 1.54) is 38.6 Å². The van der Waals surface area contributed by atoms with Crippen LogP contribution in [0.2, 0.25) is 0 Å². The van der Waals surface area contributed by atoms with E-state index < -0.39 is 0 Å². The first-order valence-corrected chi connectivity index (χ1v) is 5.54. The molecule has 0 radical (unpaired) electrons. The van der Waals surface area contributed by atoms with Gasteiger partial charge in [0.1, 0.15) is 0 Å². The molecule has 0 N–H and O–H groups in total. The number of ether oxygens (including phenoxy) is 1. The standard InChI is InChI=1S/C11H21NO/c1-12-7-3-4-9-8-10(13-2)5-6-11(9)12/h9-11H,3-8H2,1-2H3. The van der Waals surface area contributed by atoms with Crippen molar-refractivity contribution in [2.75, 3.05) is 20.7 Å². The van der Waals surface area contributed by atoms with Crippen molar-refractivity contribution >= 4 is 0 Å². The number of rotatable bonds is 1. The molecule has 0 aromatic rings. The first-order chi connectivity index (χ1) is 6.31. The van der Waals surface area contributed by atoms with Crippen molar-refractivity contribution in [1.29, 1.82) is 0 Å². The average molecular weight is 183 g/mol. The Balaban J connectivity index is 1.95. The molecule has 2 aliphatic rings. The van der Waals surface area contributed by atoms with Crippen LogP contribution in [0.15, 0.2) is 0 Å². The molecule has 1 aliphatic carbocycles. The van der Waals surface area contributed by atoms with Gasteiger partial charge in [0.25, 0.3) is 0 Å². The van der Waals surface area contributed by atoms with Crippen molar-refractivity contribution in [1.82, 2.24) is 4.90 Å². The summed E-state index contributed by atoms with van der Waals surface area (Å²) in [6.45, 7) is 1.30. The van der Waals surface area contributed by atoms with Crippen LogP contribution in [0.3, 0.4) is 0 Å². The zero-order valence-corrected chi connectivity index (χ0v) is 8.83. The zero-order chi connectivity index (χ0) is 9.26. The van der Waals surface area contributed by atoms with Crippen molar-refractivity contribution in [3.63, 3.8) is 0 Å². The molecule has 1 aliphatic heterocycles. The molecule has 2 fully saturated rings. The lowest BCUT2D eigenvalue weighted by Gasteiger charge is -2.44. The highest BCUT2D eigenvalue weighted by molar-refractivity contribution is 4.88. The van der Waals surface area contributed by atoms with Crippen molar-refractivity contribution in [2.45, 2.75) is 44.2 Å². The Morgan fingerprint density at radius 1 is 1.23 bits per heavy atom. The summed E-state index contributed by atoms with van der Waals surface area (Å²) in [4.78, 5) is 2.56. The third-order valence-electron chi connectivity index (χ3n) is 3.88. The second kappa shape index (κ2) is 3.97. The van der Waals surface area contributed by atoms with E-state index in [1.807, 2.05) is 7.11 Å². The lowest BCUT2D eigenvalue weighted by Crippen LogP contribution is -2.47. The molecule has 2 nitrogen and oxygen atoms in total. The molecule has 3 atom stereocenters. The van der Waals surface area contributed by atoms with E-state index in [0.29, 0.717) is 6.10 Å². The van der Waals surface area contributed by atoms with Crippen molar-refractivity contribution < 1.29 is 4.74 Å². The first-order valence-electron chi connectivity index (χ1n) is 5.54. The molecule has 3 unspecified atom stereocenters. The summed E-state index contributed by atoms with van der Waals surface area (Å²) in [5, 5.41) is 0. The van der Waals surface area contributed by atoms with E-state index >= 15 is 0 Å². The zero-order valence-electron chi connectivity index (χ0n) is 8.83. The number of hydrogen-bond donors (Lipinski definition) is 0. The second-order valence-corrected chi connectivity index (χ2v) is 4.62. The fourth-order valence-corrected chi connectivity index (χ4v) is 3.08. The lowest BCUT2D eigenvalue weighted by atomic mass is 9.77. The number of piperidine rings is 1. The van der Waals surface area contributed by atoms with Crippen LogP contribution in [0.5, 0.6) is 0 Å². The minimum atomic E-state index is 0.549. The average Bonchev–Trinajstić information content (AvgIpc) is 2.18. The third kappa shape index (κ3) is 1.89. The van der Waals surface area contributed by atoms with E-state index in [-0.39, 0.29) is 0 Å². The highest BCUT2D eigenvalue weighted by atomic mass is 16.5. The quantitative estimate of drug-likeness (QED) is 0.615. The van der Waals surface area contributed by atoms with Gasteiger partial charge in [-0.2, -0.15) is 0 Å². The van der Waals surface area contributed by atoms with E-state index in [9.17, 15) is 0 Å². The fourth-order valence-electron chi connectivity index (χ4n) is 3.08. The minimum Gasteiger partial charge on any atom is -0.381 e. The Morgan fingerprint density at radius 3 is 2.85 bits per heavy atom. The van der Waals surface area contributed by atoms with Crippen molar-refractivity contribution in [3.8, 4) is 0 Å². The maximum atomic E-state index is 5.46. The van der Waals surface area contributed by atoms with Crippen LogP contribution < -0.4 is 0 Å². The van der Waals surface area contributed by atoms with E-state index in [4.69, 9.17) is 4.74 Å². The smallest absolute Gasteiger partial charge is 0.0575 e. The van der Waals surface area contributed by atoms with Gasteiger partial charge < -0.3 is 9.64 Å². The molecule has 0 bridgehead atoms. The van der Waals surface area contributed by atoms with Crippen LogP contribution >= 0.6 is 0 Å².